The Morgan fingerprint density at radius 2 is 2.15 bits per heavy atom. The molecule has 0 aliphatic heterocycles. The van der Waals surface area contributed by atoms with Crippen LogP contribution in [-0.2, 0) is 11.4 Å². The lowest BCUT2D eigenvalue weighted by atomic mass is 10.2. The lowest BCUT2D eigenvalue weighted by Gasteiger charge is -2.17. The van der Waals surface area contributed by atoms with Gasteiger partial charge in [-0.15, -0.1) is 5.10 Å². The molecular formula is C13H16N4O3. The average Bonchev–Trinajstić information content (AvgIpc) is 2.92. The van der Waals surface area contributed by atoms with Gasteiger partial charge >= 0.3 is 6.09 Å². The molecule has 0 saturated carbocycles. The van der Waals surface area contributed by atoms with Crippen molar-refractivity contribution in [2.24, 2.45) is 0 Å². The zero-order valence-electron chi connectivity index (χ0n) is 11.1. The summed E-state index contributed by atoms with van der Waals surface area (Å²) in [6, 6.07) is 9.60. The number of rotatable bonds is 6. The van der Waals surface area contributed by atoms with Gasteiger partial charge in [-0.25, -0.2) is 9.48 Å². The molecule has 0 radical (unpaired) electrons. The van der Waals surface area contributed by atoms with Crippen LogP contribution in [0.25, 0.3) is 11.3 Å². The Kier molecular flexibility index (Phi) is 4.67. The summed E-state index contributed by atoms with van der Waals surface area (Å²) in [7, 11) is 1.53. The first-order chi connectivity index (χ1) is 9.70. The molecule has 0 fully saturated rings. The smallest absolute Gasteiger partial charge is 0.408 e. The third-order valence-corrected chi connectivity index (χ3v) is 2.76. The number of methoxy groups -OCH3 is 1. The number of nitrogens with zero attached hydrogens (tertiary/aromatic N) is 4. The quantitative estimate of drug-likeness (QED) is 0.865. The van der Waals surface area contributed by atoms with Gasteiger partial charge in [-0.05, 0) is 0 Å². The van der Waals surface area contributed by atoms with Gasteiger partial charge in [-0.3, -0.25) is 4.90 Å². The van der Waals surface area contributed by atoms with Crippen LogP contribution in [0, 0.1) is 0 Å². The van der Waals surface area contributed by atoms with E-state index in [0.717, 1.165) is 5.56 Å². The molecule has 7 nitrogen and oxygen atoms in total. The highest BCUT2D eigenvalue weighted by Gasteiger charge is 2.13. The van der Waals surface area contributed by atoms with Gasteiger partial charge in [-0.1, -0.05) is 35.5 Å². The van der Waals surface area contributed by atoms with Gasteiger partial charge in [0.15, 0.2) is 0 Å². The summed E-state index contributed by atoms with van der Waals surface area (Å²) < 4.78 is 6.38. The van der Waals surface area contributed by atoms with Gasteiger partial charge in [-0.2, -0.15) is 0 Å². The van der Waals surface area contributed by atoms with Crippen LogP contribution in [0.3, 0.4) is 0 Å². The van der Waals surface area contributed by atoms with Crippen LogP contribution in [0.1, 0.15) is 0 Å². The van der Waals surface area contributed by atoms with Gasteiger partial charge in [0.25, 0.3) is 0 Å². The maximum Gasteiger partial charge on any atom is 0.408 e. The van der Waals surface area contributed by atoms with Gasteiger partial charge < -0.3 is 9.84 Å². The molecule has 0 atom stereocenters. The summed E-state index contributed by atoms with van der Waals surface area (Å²) >= 11 is 0. The molecule has 1 aromatic heterocycles. The van der Waals surface area contributed by atoms with Crippen molar-refractivity contribution in [2.75, 3.05) is 20.3 Å². The van der Waals surface area contributed by atoms with E-state index in [2.05, 4.69) is 10.3 Å². The van der Waals surface area contributed by atoms with E-state index in [0.29, 0.717) is 12.3 Å². The van der Waals surface area contributed by atoms with Gasteiger partial charge in [0.1, 0.15) is 12.4 Å². The van der Waals surface area contributed by atoms with Crippen molar-refractivity contribution in [3.05, 3.63) is 36.5 Å². The number of carboxylic acid groups (broad SMARTS) is 1. The third-order valence-electron chi connectivity index (χ3n) is 2.76. The van der Waals surface area contributed by atoms with E-state index >= 15 is 0 Å². The summed E-state index contributed by atoms with van der Waals surface area (Å²) in [4.78, 5) is 12.3. The van der Waals surface area contributed by atoms with Crippen molar-refractivity contribution in [3.63, 3.8) is 0 Å². The van der Waals surface area contributed by atoms with Crippen molar-refractivity contribution in [3.8, 4) is 11.3 Å². The highest BCUT2D eigenvalue weighted by Crippen LogP contribution is 2.14. The second-order valence-electron chi connectivity index (χ2n) is 4.19. The normalized spacial score (nSPS) is 10.4. The highest BCUT2D eigenvalue weighted by atomic mass is 16.5. The highest BCUT2D eigenvalue weighted by molar-refractivity contribution is 5.64. The fourth-order valence-electron chi connectivity index (χ4n) is 1.71. The van der Waals surface area contributed by atoms with Gasteiger partial charge in [0.2, 0.25) is 0 Å². The maximum atomic E-state index is 11.1. The first-order valence-electron chi connectivity index (χ1n) is 6.13. The molecule has 2 rings (SSSR count). The zero-order chi connectivity index (χ0) is 14.4. The molecule has 1 N–H and O–H groups in total. The Hall–Kier alpha value is -2.41. The van der Waals surface area contributed by atoms with Crippen molar-refractivity contribution >= 4 is 6.09 Å². The van der Waals surface area contributed by atoms with Crippen LogP contribution >= 0.6 is 0 Å². The number of aromatic nitrogens is 3. The summed E-state index contributed by atoms with van der Waals surface area (Å²) in [6.45, 7) is 0.747. The number of carbonyl (C=O) groups is 1. The topological polar surface area (TPSA) is 80.5 Å². The Balaban J connectivity index is 2.06. The molecule has 2 aromatic rings. The molecule has 1 heterocycles. The Morgan fingerprint density at radius 1 is 1.40 bits per heavy atom. The minimum absolute atomic E-state index is 0.124. The maximum absolute atomic E-state index is 11.1. The third kappa shape index (κ3) is 3.55. The van der Waals surface area contributed by atoms with E-state index in [-0.39, 0.29) is 13.2 Å². The van der Waals surface area contributed by atoms with Gasteiger partial charge in [0.05, 0.1) is 12.8 Å². The minimum Gasteiger partial charge on any atom is -0.465 e. The van der Waals surface area contributed by atoms with Crippen LogP contribution < -0.4 is 0 Å². The van der Waals surface area contributed by atoms with Crippen LogP contribution in [-0.4, -0.2) is 51.4 Å². The molecule has 1 aromatic carbocycles. The monoisotopic (exact) mass is 276 g/mol. The van der Waals surface area contributed by atoms with Crippen molar-refractivity contribution in [2.45, 2.75) is 6.67 Å². The second-order valence-corrected chi connectivity index (χ2v) is 4.19. The summed E-state index contributed by atoms with van der Waals surface area (Å²) in [5.74, 6) is 0. The Labute approximate surface area is 116 Å². The largest absolute Gasteiger partial charge is 0.465 e. The molecule has 0 saturated heterocycles. The Bertz CT molecular complexity index is 556. The molecule has 20 heavy (non-hydrogen) atoms. The number of hydrogen-bond donors (Lipinski definition) is 1. The number of benzene rings is 1. The number of ether oxygens (including phenoxy) is 1. The SMILES string of the molecule is COCCN(Cn1cc(-c2ccccc2)nn1)C(=O)O. The lowest BCUT2D eigenvalue weighted by Crippen LogP contribution is -2.34. The van der Waals surface area contributed by atoms with Crippen LogP contribution in [0.2, 0.25) is 0 Å². The molecule has 1 amide bonds. The van der Waals surface area contributed by atoms with Gasteiger partial charge in [0, 0.05) is 19.2 Å². The summed E-state index contributed by atoms with van der Waals surface area (Å²) in [6.07, 6.45) is 0.705. The zero-order valence-corrected chi connectivity index (χ0v) is 11.1. The Morgan fingerprint density at radius 3 is 2.80 bits per heavy atom. The molecule has 0 spiro atoms. The fourth-order valence-corrected chi connectivity index (χ4v) is 1.71. The van der Waals surface area contributed by atoms with E-state index in [9.17, 15) is 4.79 Å². The second kappa shape index (κ2) is 6.67. The van der Waals surface area contributed by atoms with Crippen LogP contribution in [0.4, 0.5) is 4.79 Å². The van der Waals surface area contributed by atoms with E-state index < -0.39 is 6.09 Å². The minimum atomic E-state index is -1.01. The molecule has 0 unspecified atom stereocenters. The van der Waals surface area contributed by atoms with Crippen LogP contribution in [0.5, 0.6) is 0 Å². The predicted molar refractivity (Wildman–Crippen MR) is 72.1 cm³/mol. The number of amides is 1. The molecule has 7 heteroatoms. The van der Waals surface area contributed by atoms with Crippen molar-refractivity contribution < 1.29 is 14.6 Å². The van der Waals surface area contributed by atoms with Crippen LogP contribution in [0.15, 0.2) is 36.5 Å². The van der Waals surface area contributed by atoms with Crippen molar-refractivity contribution in [1.82, 2.24) is 19.9 Å². The number of hydrogen-bond acceptors (Lipinski definition) is 4. The molecule has 106 valence electrons. The van der Waals surface area contributed by atoms with E-state index in [4.69, 9.17) is 9.84 Å². The predicted octanol–water partition coefficient (Wildman–Crippen LogP) is 1.53. The molecule has 0 aliphatic carbocycles. The average molecular weight is 276 g/mol. The standard InChI is InChI=1S/C13H16N4O3/c1-20-8-7-16(13(18)19)10-17-9-12(14-15-17)11-5-3-2-4-6-11/h2-6,9H,7-8,10H2,1H3,(H,18,19). The van der Waals surface area contributed by atoms with Crippen molar-refractivity contribution in [1.29, 1.82) is 0 Å². The summed E-state index contributed by atoms with van der Waals surface area (Å²) in [5.41, 5.74) is 1.65. The first-order valence-corrected chi connectivity index (χ1v) is 6.13. The van der Waals surface area contributed by atoms with E-state index in [1.807, 2.05) is 30.3 Å². The molecular weight excluding hydrogens is 260 g/mol. The first kappa shape index (κ1) is 14.0. The summed E-state index contributed by atoms with van der Waals surface area (Å²) in [5, 5.41) is 17.1. The fraction of sp³-hybridized carbons (Fsp3) is 0.308. The molecule has 0 bridgehead atoms. The van der Waals surface area contributed by atoms with E-state index in [1.165, 1.54) is 16.7 Å². The van der Waals surface area contributed by atoms with E-state index in [1.54, 1.807) is 6.20 Å². The molecule has 0 aliphatic rings. The lowest BCUT2D eigenvalue weighted by molar-refractivity contribution is 0.101.